The number of carboxylic acids is 1. The monoisotopic (exact) mass is 322 g/mol. The fourth-order valence-corrected chi connectivity index (χ4v) is 4.62. The van der Waals surface area contributed by atoms with E-state index in [0.717, 1.165) is 35.8 Å². The highest BCUT2D eigenvalue weighted by atomic mass is 32.1. The number of aromatic nitrogens is 2. The van der Waals surface area contributed by atoms with Gasteiger partial charge in [0, 0.05) is 10.9 Å². The van der Waals surface area contributed by atoms with Crippen LogP contribution in [0.4, 0.5) is 0 Å². The molecule has 1 aliphatic carbocycles. The van der Waals surface area contributed by atoms with Crippen LogP contribution in [0.15, 0.2) is 9.59 Å². The first-order valence-corrected chi connectivity index (χ1v) is 8.24. The smallest absolute Gasteiger partial charge is 0.332 e. The van der Waals surface area contributed by atoms with Crippen LogP contribution in [-0.2, 0) is 24.2 Å². The Morgan fingerprint density at radius 1 is 1.27 bits per heavy atom. The van der Waals surface area contributed by atoms with E-state index in [1.807, 2.05) is 13.8 Å². The SMILES string of the molecule is CC(C)n1c(=O)n(CC(=O)O)c(=O)c2c3c(sc21)CCCC3. The summed E-state index contributed by atoms with van der Waals surface area (Å²) in [6.45, 7) is 3.15. The first-order valence-electron chi connectivity index (χ1n) is 7.43. The molecule has 1 aliphatic rings. The van der Waals surface area contributed by atoms with Gasteiger partial charge < -0.3 is 5.11 Å². The van der Waals surface area contributed by atoms with E-state index in [1.165, 1.54) is 16.2 Å². The van der Waals surface area contributed by atoms with Crippen LogP contribution in [0.5, 0.6) is 0 Å². The van der Waals surface area contributed by atoms with Crippen LogP contribution in [0.1, 0.15) is 43.2 Å². The molecule has 7 heteroatoms. The molecule has 0 aromatic carbocycles. The predicted octanol–water partition coefficient (Wildman–Crippen LogP) is 1.77. The van der Waals surface area contributed by atoms with E-state index < -0.39 is 23.8 Å². The van der Waals surface area contributed by atoms with Crippen molar-refractivity contribution in [2.75, 3.05) is 0 Å². The van der Waals surface area contributed by atoms with Gasteiger partial charge >= 0.3 is 11.7 Å². The second kappa shape index (κ2) is 5.39. The number of fused-ring (bicyclic) bond motifs is 3. The molecular weight excluding hydrogens is 304 g/mol. The van der Waals surface area contributed by atoms with Crippen molar-refractivity contribution in [1.82, 2.24) is 9.13 Å². The number of hydrogen-bond acceptors (Lipinski definition) is 4. The Bertz CT molecular complexity index is 872. The van der Waals surface area contributed by atoms with Crippen LogP contribution < -0.4 is 11.2 Å². The number of carboxylic acid groups (broad SMARTS) is 1. The molecule has 0 unspecified atom stereocenters. The van der Waals surface area contributed by atoms with Crippen molar-refractivity contribution in [3.05, 3.63) is 31.3 Å². The summed E-state index contributed by atoms with van der Waals surface area (Å²) in [4.78, 5) is 38.1. The quantitative estimate of drug-likeness (QED) is 0.934. The molecule has 0 saturated heterocycles. The number of thiophene rings is 1. The van der Waals surface area contributed by atoms with E-state index in [4.69, 9.17) is 5.11 Å². The molecule has 2 heterocycles. The lowest BCUT2D eigenvalue weighted by atomic mass is 9.97. The average molecular weight is 322 g/mol. The molecule has 1 N–H and O–H groups in total. The number of carbonyl (C=O) groups is 1. The number of hydrogen-bond donors (Lipinski definition) is 1. The van der Waals surface area contributed by atoms with Crippen molar-refractivity contribution in [1.29, 1.82) is 0 Å². The van der Waals surface area contributed by atoms with E-state index >= 15 is 0 Å². The van der Waals surface area contributed by atoms with Crippen LogP contribution >= 0.6 is 11.3 Å². The van der Waals surface area contributed by atoms with Gasteiger partial charge in [-0.2, -0.15) is 0 Å². The van der Waals surface area contributed by atoms with Crippen molar-refractivity contribution < 1.29 is 9.90 Å². The Kier molecular flexibility index (Phi) is 3.68. The van der Waals surface area contributed by atoms with Crippen LogP contribution in [0.25, 0.3) is 10.2 Å². The van der Waals surface area contributed by atoms with E-state index in [2.05, 4.69) is 0 Å². The van der Waals surface area contributed by atoms with Gasteiger partial charge in [0.2, 0.25) is 0 Å². The van der Waals surface area contributed by atoms with E-state index in [1.54, 1.807) is 4.57 Å². The molecule has 3 rings (SSSR count). The Balaban J connectivity index is 2.45. The van der Waals surface area contributed by atoms with Gasteiger partial charge in [0.1, 0.15) is 11.4 Å². The van der Waals surface area contributed by atoms with Crippen LogP contribution in [0, 0.1) is 0 Å². The third-order valence-corrected chi connectivity index (χ3v) is 5.37. The molecule has 0 atom stereocenters. The number of aryl methyl sites for hydroxylation is 2. The summed E-state index contributed by atoms with van der Waals surface area (Å²) in [5.74, 6) is -1.18. The molecule has 118 valence electrons. The van der Waals surface area contributed by atoms with Gasteiger partial charge in [-0.1, -0.05) is 0 Å². The van der Waals surface area contributed by atoms with Crippen LogP contribution in [0.3, 0.4) is 0 Å². The molecule has 2 aromatic heterocycles. The first kappa shape index (κ1) is 15.0. The van der Waals surface area contributed by atoms with E-state index in [-0.39, 0.29) is 6.04 Å². The third-order valence-electron chi connectivity index (χ3n) is 4.08. The van der Waals surface area contributed by atoms with Gasteiger partial charge in [0.25, 0.3) is 5.56 Å². The highest BCUT2D eigenvalue weighted by Crippen LogP contribution is 2.34. The molecule has 0 amide bonds. The van der Waals surface area contributed by atoms with Crippen molar-refractivity contribution in [2.24, 2.45) is 0 Å². The zero-order valence-electron chi connectivity index (χ0n) is 12.6. The number of nitrogens with zero attached hydrogens (tertiary/aromatic N) is 2. The minimum absolute atomic E-state index is 0.129. The maximum atomic E-state index is 12.7. The molecule has 0 aliphatic heterocycles. The van der Waals surface area contributed by atoms with Gasteiger partial charge in [-0.3, -0.25) is 14.2 Å². The Morgan fingerprint density at radius 2 is 1.95 bits per heavy atom. The fraction of sp³-hybridized carbons (Fsp3) is 0.533. The lowest BCUT2D eigenvalue weighted by Gasteiger charge is -2.14. The summed E-state index contributed by atoms with van der Waals surface area (Å²) >= 11 is 1.51. The topological polar surface area (TPSA) is 81.3 Å². The largest absolute Gasteiger partial charge is 0.480 e. The molecule has 0 radical (unpaired) electrons. The summed E-state index contributed by atoms with van der Waals surface area (Å²) in [5, 5.41) is 9.55. The lowest BCUT2D eigenvalue weighted by Crippen LogP contribution is -2.42. The predicted molar refractivity (Wildman–Crippen MR) is 85.0 cm³/mol. The minimum atomic E-state index is -1.18. The van der Waals surface area contributed by atoms with Gasteiger partial charge in [-0.05, 0) is 45.1 Å². The summed E-state index contributed by atoms with van der Waals surface area (Å²) < 4.78 is 2.41. The second-order valence-electron chi connectivity index (χ2n) is 5.92. The molecule has 0 spiro atoms. The van der Waals surface area contributed by atoms with Crippen molar-refractivity contribution in [2.45, 2.75) is 52.1 Å². The maximum Gasteiger partial charge on any atom is 0.332 e. The van der Waals surface area contributed by atoms with Gasteiger partial charge in [0.15, 0.2) is 0 Å². The number of rotatable bonds is 3. The zero-order valence-corrected chi connectivity index (χ0v) is 13.4. The summed E-state index contributed by atoms with van der Waals surface area (Å²) in [7, 11) is 0. The van der Waals surface area contributed by atoms with Crippen LogP contribution in [-0.4, -0.2) is 20.2 Å². The van der Waals surface area contributed by atoms with Crippen molar-refractivity contribution >= 4 is 27.5 Å². The van der Waals surface area contributed by atoms with Crippen molar-refractivity contribution in [3.63, 3.8) is 0 Å². The minimum Gasteiger partial charge on any atom is -0.480 e. The Labute approximate surface area is 130 Å². The van der Waals surface area contributed by atoms with E-state index in [9.17, 15) is 14.4 Å². The molecular formula is C15H18N2O4S. The summed E-state index contributed by atoms with van der Waals surface area (Å²) in [6.07, 6.45) is 3.88. The molecule has 0 bridgehead atoms. The van der Waals surface area contributed by atoms with Crippen LogP contribution in [0.2, 0.25) is 0 Å². The Morgan fingerprint density at radius 3 is 2.59 bits per heavy atom. The first-order chi connectivity index (χ1) is 10.4. The molecule has 6 nitrogen and oxygen atoms in total. The van der Waals surface area contributed by atoms with Gasteiger partial charge in [-0.15, -0.1) is 11.3 Å². The van der Waals surface area contributed by atoms with Gasteiger partial charge in [-0.25, -0.2) is 9.36 Å². The third kappa shape index (κ3) is 2.20. The zero-order chi connectivity index (χ0) is 16.0. The molecule has 2 aromatic rings. The normalized spacial score (nSPS) is 14.5. The molecule has 22 heavy (non-hydrogen) atoms. The summed E-state index contributed by atoms with van der Waals surface area (Å²) in [5.41, 5.74) is 0.0250. The maximum absolute atomic E-state index is 12.7. The summed E-state index contributed by atoms with van der Waals surface area (Å²) in [6, 6.07) is -0.129. The molecule has 0 fully saturated rings. The highest BCUT2D eigenvalue weighted by Gasteiger charge is 2.24. The fourth-order valence-electron chi connectivity index (χ4n) is 3.11. The standard InChI is InChI=1S/C15H18N2O4S/c1-8(2)17-14-12(9-5-3-4-6-10(9)22-14)13(20)16(15(17)21)7-11(18)19/h8H,3-7H2,1-2H3,(H,18,19). The number of aliphatic carboxylic acids is 1. The van der Waals surface area contributed by atoms with Gasteiger partial charge in [0.05, 0.1) is 5.39 Å². The Hall–Kier alpha value is -1.89. The second-order valence-corrected chi connectivity index (χ2v) is 7.01. The van der Waals surface area contributed by atoms with Crippen molar-refractivity contribution in [3.8, 4) is 0 Å². The molecule has 0 saturated carbocycles. The lowest BCUT2D eigenvalue weighted by molar-refractivity contribution is -0.137. The van der Waals surface area contributed by atoms with E-state index in [0.29, 0.717) is 10.2 Å². The average Bonchev–Trinajstić information content (AvgIpc) is 2.81. The highest BCUT2D eigenvalue weighted by molar-refractivity contribution is 7.18.